The Balaban J connectivity index is 1.45. The minimum Gasteiger partial charge on any atom is -0.497 e. The van der Waals surface area contributed by atoms with Crippen molar-refractivity contribution in [2.75, 3.05) is 7.11 Å². The summed E-state index contributed by atoms with van der Waals surface area (Å²) < 4.78 is 11.1. The highest BCUT2D eigenvalue weighted by Gasteiger charge is 2.30. The molecule has 0 saturated heterocycles. The second-order valence-corrected chi connectivity index (χ2v) is 6.91. The van der Waals surface area contributed by atoms with Crippen molar-refractivity contribution in [3.8, 4) is 16.5 Å². The Morgan fingerprint density at radius 1 is 1.17 bits per heavy atom. The molecule has 24 heavy (non-hydrogen) atoms. The first-order valence-electron chi connectivity index (χ1n) is 8.05. The molecule has 1 aliphatic rings. The summed E-state index contributed by atoms with van der Waals surface area (Å²) >= 11 is 1.61. The molecule has 3 aromatic rings. The zero-order valence-electron chi connectivity index (χ0n) is 13.5. The van der Waals surface area contributed by atoms with Gasteiger partial charge in [0.05, 0.1) is 18.5 Å². The van der Waals surface area contributed by atoms with Crippen LogP contribution >= 0.6 is 11.3 Å². The van der Waals surface area contributed by atoms with E-state index in [0.29, 0.717) is 24.4 Å². The third kappa shape index (κ3) is 3.49. The fourth-order valence-corrected chi connectivity index (χ4v) is 3.35. The van der Waals surface area contributed by atoms with E-state index in [0.717, 1.165) is 17.2 Å². The second kappa shape index (κ2) is 6.75. The normalized spacial score (nSPS) is 14.2. The van der Waals surface area contributed by atoms with Crippen LogP contribution in [0.4, 0.5) is 0 Å². The summed E-state index contributed by atoms with van der Waals surface area (Å²) in [6, 6.07) is 12.8. The molecule has 0 bridgehead atoms. The van der Waals surface area contributed by atoms with Crippen molar-refractivity contribution in [1.82, 2.24) is 15.1 Å². The van der Waals surface area contributed by atoms with E-state index < -0.39 is 0 Å². The van der Waals surface area contributed by atoms with E-state index >= 15 is 0 Å². The smallest absolute Gasteiger partial charge is 0.257 e. The molecule has 2 aromatic heterocycles. The topological polar surface area (TPSA) is 51.4 Å². The first kappa shape index (κ1) is 15.4. The van der Waals surface area contributed by atoms with Crippen LogP contribution in [0.15, 0.2) is 46.2 Å². The summed E-state index contributed by atoms with van der Waals surface area (Å²) in [7, 11) is 1.69. The number of hydrogen-bond donors (Lipinski definition) is 0. The molecule has 0 aliphatic heterocycles. The molecule has 0 radical (unpaired) electrons. The number of hydrogen-bond acceptors (Lipinski definition) is 6. The lowest BCUT2D eigenvalue weighted by atomic mass is 10.2. The Bertz CT molecular complexity index is 779. The van der Waals surface area contributed by atoms with E-state index in [1.807, 2.05) is 29.6 Å². The molecule has 0 spiro atoms. The zero-order valence-corrected chi connectivity index (χ0v) is 14.3. The van der Waals surface area contributed by atoms with Gasteiger partial charge in [-0.15, -0.1) is 21.5 Å². The van der Waals surface area contributed by atoms with Crippen molar-refractivity contribution in [1.29, 1.82) is 0 Å². The van der Waals surface area contributed by atoms with Crippen LogP contribution in [0.5, 0.6) is 5.75 Å². The molecule has 0 N–H and O–H groups in total. The van der Waals surface area contributed by atoms with Gasteiger partial charge in [0, 0.05) is 12.6 Å². The molecule has 6 heteroatoms. The monoisotopic (exact) mass is 341 g/mol. The average molecular weight is 341 g/mol. The average Bonchev–Trinajstić information content (AvgIpc) is 3.11. The summed E-state index contributed by atoms with van der Waals surface area (Å²) in [6.07, 6.45) is 2.48. The van der Waals surface area contributed by atoms with Crippen LogP contribution in [0.25, 0.3) is 10.8 Å². The highest BCUT2D eigenvalue weighted by molar-refractivity contribution is 7.13. The summed E-state index contributed by atoms with van der Waals surface area (Å²) in [4.78, 5) is 3.43. The van der Waals surface area contributed by atoms with Crippen molar-refractivity contribution in [2.24, 2.45) is 0 Å². The van der Waals surface area contributed by atoms with Gasteiger partial charge in [-0.2, -0.15) is 0 Å². The molecule has 1 aliphatic carbocycles. The minimum absolute atomic E-state index is 0.611. The highest BCUT2D eigenvalue weighted by Crippen LogP contribution is 2.31. The van der Waals surface area contributed by atoms with Gasteiger partial charge < -0.3 is 9.15 Å². The number of aromatic nitrogens is 2. The van der Waals surface area contributed by atoms with Crippen LogP contribution in [0, 0.1) is 0 Å². The molecular formula is C18H19N3O2S. The zero-order chi connectivity index (χ0) is 16.4. The van der Waals surface area contributed by atoms with Crippen LogP contribution in [0.3, 0.4) is 0 Å². The van der Waals surface area contributed by atoms with Crippen LogP contribution in [-0.2, 0) is 13.1 Å². The Morgan fingerprint density at radius 3 is 2.67 bits per heavy atom. The van der Waals surface area contributed by atoms with Gasteiger partial charge in [-0.3, -0.25) is 4.90 Å². The predicted octanol–water partition coefficient (Wildman–Crippen LogP) is 3.97. The van der Waals surface area contributed by atoms with Crippen LogP contribution in [0.1, 0.15) is 24.3 Å². The summed E-state index contributed by atoms with van der Waals surface area (Å²) in [5.74, 6) is 2.17. The Hall–Kier alpha value is -2.18. The van der Waals surface area contributed by atoms with Crippen molar-refractivity contribution in [3.63, 3.8) is 0 Å². The third-order valence-corrected chi connectivity index (χ3v) is 5.00. The molecule has 0 atom stereocenters. The van der Waals surface area contributed by atoms with Crippen LogP contribution < -0.4 is 4.74 Å². The number of methoxy groups -OCH3 is 1. The SMILES string of the molecule is COc1ccc(CN(Cc2nnc(-c3cccs3)o2)C2CC2)cc1. The lowest BCUT2D eigenvalue weighted by Crippen LogP contribution is -2.25. The van der Waals surface area contributed by atoms with E-state index in [-0.39, 0.29) is 0 Å². The number of rotatable bonds is 7. The van der Waals surface area contributed by atoms with Gasteiger partial charge in [0.1, 0.15) is 5.75 Å². The molecule has 0 unspecified atom stereocenters. The van der Waals surface area contributed by atoms with E-state index in [4.69, 9.17) is 9.15 Å². The fourth-order valence-electron chi connectivity index (χ4n) is 2.71. The fraction of sp³-hybridized carbons (Fsp3) is 0.333. The van der Waals surface area contributed by atoms with Crippen LogP contribution in [-0.4, -0.2) is 28.2 Å². The molecular weight excluding hydrogens is 322 g/mol. The number of thiophene rings is 1. The van der Waals surface area contributed by atoms with Gasteiger partial charge in [-0.25, -0.2) is 0 Å². The maximum Gasteiger partial charge on any atom is 0.257 e. The maximum atomic E-state index is 5.84. The first-order chi connectivity index (χ1) is 11.8. The minimum atomic E-state index is 0.611. The lowest BCUT2D eigenvalue weighted by Gasteiger charge is -2.20. The van der Waals surface area contributed by atoms with Gasteiger partial charge in [0.25, 0.3) is 5.89 Å². The van der Waals surface area contributed by atoms with Crippen molar-refractivity contribution >= 4 is 11.3 Å². The molecule has 2 heterocycles. The lowest BCUT2D eigenvalue weighted by molar-refractivity contribution is 0.221. The molecule has 1 fully saturated rings. The van der Waals surface area contributed by atoms with Crippen LogP contribution in [0.2, 0.25) is 0 Å². The standard InChI is InChI=1S/C18H19N3O2S/c1-22-15-8-4-13(5-9-15)11-21(14-6-7-14)12-17-19-20-18(23-17)16-3-2-10-24-16/h2-5,8-10,14H,6-7,11-12H2,1H3. The second-order valence-electron chi connectivity index (χ2n) is 5.96. The number of ether oxygens (including phenoxy) is 1. The van der Waals surface area contributed by atoms with Crippen molar-refractivity contribution in [3.05, 3.63) is 53.2 Å². The highest BCUT2D eigenvalue weighted by atomic mass is 32.1. The Morgan fingerprint density at radius 2 is 2.00 bits per heavy atom. The molecule has 5 nitrogen and oxygen atoms in total. The molecule has 0 amide bonds. The van der Waals surface area contributed by atoms with Crippen molar-refractivity contribution in [2.45, 2.75) is 32.0 Å². The van der Waals surface area contributed by atoms with Gasteiger partial charge in [0.2, 0.25) is 5.89 Å². The number of nitrogens with zero attached hydrogens (tertiary/aromatic N) is 3. The summed E-state index contributed by atoms with van der Waals surface area (Å²) in [6.45, 7) is 1.57. The Labute approximate surface area is 144 Å². The summed E-state index contributed by atoms with van der Waals surface area (Å²) in [5, 5.41) is 10.4. The molecule has 4 rings (SSSR count). The van der Waals surface area contributed by atoms with E-state index in [1.165, 1.54) is 18.4 Å². The maximum absolute atomic E-state index is 5.84. The third-order valence-electron chi connectivity index (χ3n) is 4.15. The van der Waals surface area contributed by atoms with E-state index in [9.17, 15) is 0 Å². The van der Waals surface area contributed by atoms with Crippen molar-refractivity contribution < 1.29 is 9.15 Å². The quantitative estimate of drug-likeness (QED) is 0.651. The predicted molar refractivity (Wildman–Crippen MR) is 92.9 cm³/mol. The van der Waals surface area contributed by atoms with Gasteiger partial charge in [-0.1, -0.05) is 18.2 Å². The van der Waals surface area contributed by atoms with E-state index in [2.05, 4.69) is 27.2 Å². The first-order valence-corrected chi connectivity index (χ1v) is 8.93. The van der Waals surface area contributed by atoms with Gasteiger partial charge in [0.15, 0.2) is 0 Å². The van der Waals surface area contributed by atoms with Gasteiger partial charge in [-0.05, 0) is 42.0 Å². The number of benzene rings is 1. The summed E-state index contributed by atoms with van der Waals surface area (Å²) in [5.41, 5.74) is 1.26. The Kier molecular flexibility index (Phi) is 4.32. The molecule has 124 valence electrons. The van der Waals surface area contributed by atoms with Gasteiger partial charge >= 0.3 is 0 Å². The van der Waals surface area contributed by atoms with E-state index in [1.54, 1.807) is 18.4 Å². The molecule has 1 saturated carbocycles. The molecule has 1 aromatic carbocycles. The largest absolute Gasteiger partial charge is 0.497 e.